The Labute approximate surface area is 185 Å². The van der Waals surface area contributed by atoms with Crippen LogP contribution in [0.5, 0.6) is 0 Å². The van der Waals surface area contributed by atoms with Gasteiger partial charge in [0, 0.05) is 23.1 Å². The molecule has 2 atom stereocenters. The van der Waals surface area contributed by atoms with Crippen LogP contribution in [-0.4, -0.2) is 62.6 Å². The van der Waals surface area contributed by atoms with Crippen molar-refractivity contribution in [2.75, 3.05) is 18.3 Å². The molecule has 3 heterocycles. The number of ether oxygens (including phenoxy) is 2. The van der Waals surface area contributed by atoms with E-state index in [2.05, 4.69) is 4.98 Å². The summed E-state index contributed by atoms with van der Waals surface area (Å²) in [6.07, 6.45) is 1.54. The Bertz CT molecular complexity index is 893. The van der Waals surface area contributed by atoms with Crippen LogP contribution in [-0.2, 0) is 23.9 Å². The minimum absolute atomic E-state index is 0.0664. The van der Waals surface area contributed by atoms with Gasteiger partial charge in [-0.1, -0.05) is 11.8 Å². The second-order valence-corrected chi connectivity index (χ2v) is 10.5. The molecule has 3 rings (SSSR count). The van der Waals surface area contributed by atoms with Gasteiger partial charge >= 0.3 is 11.9 Å². The Morgan fingerprint density at radius 3 is 2.70 bits per heavy atom. The first-order chi connectivity index (χ1) is 14.1. The maximum atomic E-state index is 12.7. The highest BCUT2D eigenvalue weighted by Gasteiger charge is 2.52. The van der Waals surface area contributed by atoms with Gasteiger partial charge in [-0.15, -0.1) is 23.1 Å². The number of aromatic nitrogens is 1. The van der Waals surface area contributed by atoms with Crippen LogP contribution in [0.1, 0.15) is 30.6 Å². The van der Waals surface area contributed by atoms with Gasteiger partial charge in [0.1, 0.15) is 17.1 Å². The van der Waals surface area contributed by atoms with Gasteiger partial charge < -0.3 is 15.2 Å². The molecule has 0 saturated carbocycles. The number of esters is 2. The molecule has 1 unspecified atom stereocenters. The SMILES string of the molecule is CC(C)(C)C(=O)OCOC(=O)C1=C(CSC(=O)c2nccs2)CS[C@H]2C(N)C(=O)N12. The largest absolute Gasteiger partial charge is 0.427 e. The van der Waals surface area contributed by atoms with E-state index < -0.39 is 30.2 Å². The lowest BCUT2D eigenvalue weighted by Gasteiger charge is -2.48. The number of carbonyl (C=O) groups is 4. The van der Waals surface area contributed by atoms with Crippen LogP contribution < -0.4 is 5.73 Å². The fraction of sp³-hybridized carbons (Fsp3) is 0.500. The predicted octanol–water partition coefficient (Wildman–Crippen LogP) is 1.60. The summed E-state index contributed by atoms with van der Waals surface area (Å²) in [7, 11) is 0. The number of thiazole rings is 1. The third-order valence-electron chi connectivity index (χ3n) is 4.26. The van der Waals surface area contributed by atoms with E-state index in [0.717, 1.165) is 11.8 Å². The Morgan fingerprint density at radius 2 is 2.07 bits per heavy atom. The lowest BCUT2D eigenvalue weighted by Crippen LogP contribution is -2.68. The number of hydrogen-bond donors (Lipinski definition) is 1. The topological polar surface area (TPSA) is 129 Å². The van der Waals surface area contributed by atoms with Crippen LogP contribution in [0.4, 0.5) is 0 Å². The second-order valence-electron chi connectivity index (χ2n) is 7.53. The number of nitrogens with two attached hydrogens (primary N) is 1. The first-order valence-corrected chi connectivity index (χ1v) is 11.9. The minimum atomic E-state index is -0.792. The van der Waals surface area contributed by atoms with Crippen LogP contribution in [0.15, 0.2) is 22.8 Å². The van der Waals surface area contributed by atoms with Crippen molar-refractivity contribution in [2.24, 2.45) is 11.1 Å². The molecule has 1 aromatic rings. The average Bonchev–Trinajstić information content (AvgIpc) is 3.24. The van der Waals surface area contributed by atoms with Gasteiger partial charge in [0.25, 0.3) is 0 Å². The van der Waals surface area contributed by atoms with Crippen molar-refractivity contribution in [2.45, 2.75) is 32.2 Å². The normalized spacial score (nSPS) is 21.1. The molecular formula is C18H21N3O6S3. The van der Waals surface area contributed by atoms with Gasteiger partial charge in [-0.3, -0.25) is 19.3 Å². The van der Waals surface area contributed by atoms with Gasteiger partial charge in [0.05, 0.1) is 5.41 Å². The molecule has 9 nitrogen and oxygen atoms in total. The molecule has 1 saturated heterocycles. The van der Waals surface area contributed by atoms with E-state index in [0.29, 0.717) is 16.3 Å². The van der Waals surface area contributed by atoms with E-state index >= 15 is 0 Å². The van der Waals surface area contributed by atoms with Gasteiger partial charge in [-0.05, 0) is 26.3 Å². The van der Waals surface area contributed by atoms with Crippen molar-refractivity contribution in [1.82, 2.24) is 9.88 Å². The third-order valence-corrected chi connectivity index (χ3v) is 7.47. The van der Waals surface area contributed by atoms with Gasteiger partial charge in [-0.2, -0.15) is 0 Å². The summed E-state index contributed by atoms with van der Waals surface area (Å²) in [5, 5.41) is 1.49. The van der Waals surface area contributed by atoms with Crippen molar-refractivity contribution in [3.05, 3.63) is 27.9 Å². The van der Waals surface area contributed by atoms with Gasteiger partial charge in [0.2, 0.25) is 17.8 Å². The summed E-state index contributed by atoms with van der Waals surface area (Å²) in [4.78, 5) is 54.4. The van der Waals surface area contributed by atoms with E-state index in [1.54, 1.807) is 32.3 Å². The standard InChI is InChI=1S/C18H21N3O6S3/c1-18(2,3)17(25)27-8-26-15(23)11-9(6-29-14-10(19)13(22)21(11)14)7-30-16(24)12-20-4-5-28-12/h4-5,10,14H,6-8,19H2,1-3H3/t10?,14-/m0/s1. The first kappa shape index (κ1) is 22.8. The van der Waals surface area contributed by atoms with E-state index in [4.69, 9.17) is 15.2 Å². The lowest BCUT2D eigenvalue weighted by molar-refractivity contribution is -0.173. The fourth-order valence-electron chi connectivity index (χ4n) is 2.64. The monoisotopic (exact) mass is 471 g/mol. The van der Waals surface area contributed by atoms with E-state index in [1.807, 2.05) is 0 Å². The van der Waals surface area contributed by atoms with E-state index in [9.17, 15) is 19.2 Å². The maximum Gasteiger partial charge on any atom is 0.357 e. The number of nitrogens with zero attached hydrogens (tertiary/aromatic N) is 2. The molecule has 0 spiro atoms. The summed E-state index contributed by atoms with van der Waals surface area (Å²) < 4.78 is 10.1. The zero-order valence-corrected chi connectivity index (χ0v) is 19.0. The molecule has 0 bridgehead atoms. The predicted molar refractivity (Wildman–Crippen MR) is 114 cm³/mol. The zero-order valence-electron chi connectivity index (χ0n) is 16.6. The molecule has 1 fully saturated rings. The Hall–Kier alpha value is -1.89. The number of β-lactam (4-membered cyclic amide) rings is 1. The van der Waals surface area contributed by atoms with Crippen molar-refractivity contribution in [1.29, 1.82) is 0 Å². The number of amides is 1. The molecule has 162 valence electrons. The fourth-order valence-corrected chi connectivity index (χ4v) is 5.57. The summed E-state index contributed by atoms with van der Waals surface area (Å²) in [6.45, 7) is 4.47. The second kappa shape index (κ2) is 9.08. The Balaban J connectivity index is 1.72. The van der Waals surface area contributed by atoms with Crippen LogP contribution in [0.3, 0.4) is 0 Å². The molecule has 1 amide bonds. The highest BCUT2D eigenvalue weighted by molar-refractivity contribution is 8.14. The molecule has 1 aromatic heterocycles. The molecular weight excluding hydrogens is 450 g/mol. The van der Waals surface area contributed by atoms with Crippen molar-refractivity contribution in [3.63, 3.8) is 0 Å². The number of carbonyl (C=O) groups excluding carboxylic acids is 4. The van der Waals surface area contributed by atoms with Crippen LogP contribution in [0, 0.1) is 5.41 Å². The van der Waals surface area contributed by atoms with Crippen LogP contribution >= 0.6 is 34.9 Å². The van der Waals surface area contributed by atoms with E-state index in [-0.39, 0.29) is 27.8 Å². The number of thioether (sulfide) groups is 2. The summed E-state index contributed by atoms with van der Waals surface area (Å²) in [5.41, 5.74) is 5.74. The van der Waals surface area contributed by atoms with Crippen LogP contribution in [0.2, 0.25) is 0 Å². The summed E-state index contributed by atoms with van der Waals surface area (Å²) >= 11 is 3.65. The molecule has 2 N–H and O–H groups in total. The summed E-state index contributed by atoms with van der Waals surface area (Å²) in [6, 6.07) is -0.692. The maximum absolute atomic E-state index is 12.7. The number of fused-ring (bicyclic) bond motifs is 1. The van der Waals surface area contributed by atoms with Gasteiger partial charge in [-0.25, -0.2) is 9.78 Å². The first-order valence-electron chi connectivity index (χ1n) is 8.94. The Kier molecular flexibility index (Phi) is 6.90. The highest BCUT2D eigenvalue weighted by atomic mass is 32.2. The van der Waals surface area contributed by atoms with Crippen molar-refractivity contribution in [3.8, 4) is 0 Å². The van der Waals surface area contributed by atoms with E-state index in [1.165, 1.54) is 28.0 Å². The van der Waals surface area contributed by atoms with Crippen molar-refractivity contribution >= 4 is 57.8 Å². The summed E-state index contributed by atoms with van der Waals surface area (Å²) in [5.74, 6) is -1.08. The van der Waals surface area contributed by atoms with Crippen molar-refractivity contribution < 1.29 is 28.7 Å². The van der Waals surface area contributed by atoms with Gasteiger partial charge in [0.15, 0.2) is 5.01 Å². The molecule has 0 aromatic carbocycles. The average molecular weight is 472 g/mol. The third kappa shape index (κ3) is 4.71. The molecule has 12 heteroatoms. The van der Waals surface area contributed by atoms with Crippen LogP contribution in [0.25, 0.3) is 0 Å². The highest BCUT2D eigenvalue weighted by Crippen LogP contribution is 2.40. The zero-order chi connectivity index (χ0) is 22.1. The minimum Gasteiger partial charge on any atom is -0.427 e. The number of rotatable bonds is 6. The molecule has 2 aliphatic rings. The molecule has 2 aliphatic heterocycles. The quantitative estimate of drug-likeness (QED) is 0.371. The molecule has 0 radical (unpaired) electrons. The lowest BCUT2D eigenvalue weighted by atomic mass is 9.98. The molecule has 0 aliphatic carbocycles. The Morgan fingerprint density at radius 1 is 1.33 bits per heavy atom. The smallest absolute Gasteiger partial charge is 0.357 e. The number of hydrogen-bond acceptors (Lipinski definition) is 11. The molecule has 30 heavy (non-hydrogen) atoms.